The van der Waals surface area contributed by atoms with E-state index < -0.39 is 0 Å². The molecule has 0 saturated heterocycles. The Morgan fingerprint density at radius 2 is 0.630 bits per heavy atom. The Labute approximate surface area is 307 Å². The molecule has 0 unspecified atom stereocenters. The molecule has 0 aliphatic heterocycles. The van der Waals surface area contributed by atoms with E-state index in [4.69, 9.17) is 12.8 Å². The maximum absolute atomic E-state index is 7.46. The van der Waals surface area contributed by atoms with Crippen molar-refractivity contribution >= 4 is 69.5 Å². The van der Waals surface area contributed by atoms with E-state index >= 15 is 0 Å². The molecule has 7 aromatic rings. The van der Waals surface area contributed by atoms with Crippen LogP contribution in [0.4, 0.5) is 0 Å². The third-order valence-corrected chi connectivity index (χ3v) is 11.1. The van der Waals surface area contributed by atoms with Crippen LogP contribution in [0.3, 0.4) is 0 Å². The first-order valence-electron chi connectivity index (χ1n) is 14.8. The molecule has 7 rings (SSSR count). The predicted molar refractivity (Wildman–Crippen MR) is 201 cm³/mol. The first kappa shape index (κ1) is 37.5. The zero-order valence-corrected chi connectivity index (χ0v) is 32.6. The minimum Gasteiger partial charge on any atom is -0.366 e. The van der Waals surface area contributed by atoms with Crippen LogP contribution in [0.1, 0.15) is 11.1 Å². The minimum atomic E-state index is -0.261. The molecular weight excluding hydrogens is 960 g/mol. The Hall–Kier alpha value is -2.96. The molecule has 0 saturated carbocycles. The molecule has 7 aromatic carbocycles. The van der Waals surface area contributed by atoms with Crippen LogP contribution in [0.25, 0.3) is 43.1 Å². The van der Waals surface area contributed by atoms with Crippen LogP contribution in [0.15, 0.2) is 133 Å². The van der Waals surface area contributed by atoms with Crippen molar-refractivity contribution in [2.75, 3.05) is 26.7 Å². The monoisotopic (exact) mass is 996 g/mol. The fourth-order valence-electron chi connectivity index (χ4n) is 5.65. The molecule has 0 nitrogen and oxygen atoms in total. The Morgan fingerprint density at radius 3 is 0.870 bits per heavy atom. The number of benzene rings is 7. The van der Waals surface area contributed by atoms with E-state index in [0.717, 1.165) is 54.2 Å². The van der Waals surface area contributed by atoms with Crippen LogP contribution in [0.2, 0.25) is 0 Å². The molecule has 0 radical (unpaired) electrons. The molecule has 46 heavy (non-hydrogen) atoms. The van der Waals surface area contributed by atoms with Gasteiger partial charge in [0, 0.05) is 15.8 Å². The quantitative estimate of drug-likeness (QED) is 0.0533. The largest absolute Gasteiger partial charge is 1.00 e. The van der Waals surface area contributed by atoms with Crippen LogP contribution in [-0.4, -0.2) is 26.7 Å². The molecule has 234 valence electrons. The molecule has 0 atom stereocenters. The summed E-state index contributed by atoms with van der Waals surface area (Å²) in [6.07, 6.45) is 14.9. The summed E-state index contributed by atoms with van der Waals surface area (Å²) in [7, 11) is -0.522. The first-order valence-corrected chi connectivity index (χ1v) is 19.8. The maximum atomic E-state index is 7.46. The number of hydrogen-bond acceptors (Lipinski definition) is 0. The van der Waals surface area contributed by atoms with Gasteiger partial charge >= 0.3 is 44.8 Å². The van der Waals surface area contributed by atoms with Crippen molar-refractivity contribution in [1.29, 1.82) is 0 Å². The molecule has 0 spiro atoms. The summed E-state index contributed by atoms with van der Waals surface area (Å²) >= 11 is 0. The molecule has 0 heterocycles. The average Bonchev–Trinajstić information content (AvgIpc) is 3.06. The van der Waals surface area contributed by atoms with Crippen LogP contribution in [-0.2, 0) is 44.8 Å². The average molecular weight is 997 g/mol. The number of rotatable bonds is 2. The van der Waals surface area contributed by atoms with Crippen LogP contribution >= 0.6 is 15.8 Å². The number of fused-ring (bicyclic) bond motifs is 4. The topological polar surface area (TPSA) is 0 Å². The summed E-state index contributed by atoms with van der Waals surface area (Å²) in [4.78, 5) is 0. The van der Waals surface area contributed by atoms with Gasteiger partial charge in [0.15, 0.2) is 0 Å². The summed E-state index contributed by atoms with van der Waals surface area (Å²) in [5.41, 5.74) is 1.77. The van der Waals surface area contributed by atoms with E-state index in [0.29, 0.717) is 0 Å². The normalized spacial score (nSPS) is 10.2. The van der Waals surface area contributed by atoms with Crippen molar-refractivity contribution in [2.24, 2.45) is 0 Å². The van der Waals surface area contributed by atoms with Gasteiger partial charge < -0.3 is 12.8 Å². The second-order valence-corrected chi connectivity index (χ2v) is 16.3. The first-order chi connectivity index (χ1) is 21.4. The van der Waals surface area contributed by atoms with Gasteiger partial charge in [-0.3, -0.25) is 11.8 Å². The van der Waals surface area contributed by atoms with Crippen molar-refractivity contribution in [2.45, 2.75) is 0 Å². The molecule has 0 bridgehead atoms. The fraction of sp³-hybridized carbons (Fsp3) is 0.0952. The van der Waals surface area contributed by atoms with E-state index in [2.05, 4.69) is 99.2 Å². The fourth-order valence-corrected chi connectivity index (χ4v) is 9.26. The zero-order valence-electron chi connectivity index (χ0n) is 26.3. The van der Waals surface area contributed by atoms with Crippen molar-refractivity contribution < 1.29 is 44.8 Å². The summed E-state index contributed by atoms with van der Waals surface area (Å²) < 4.78 is 0. The third-order valence-electron chi connectivity index (χ3n) is 7.80. The molecular formula is C42H36Au2P2+2. The summed E-state index contributed by atoms with van der Waals surface area (Å²) in [5, 5.41) is 12.3. The molecule has 0 amide bonds. The molecule has 0 aliphatic carbocycles. The summed E-state index contributed by atoms with van der Waals surface area (Å²) in [5.74, 6) is 5.13. The van der Waals surface area contributed by atoms with Gasteiger partial charge in [-0.25, -0.2) is 0 Å². The van der Waals surface area contributed by atoms with Gasteiger partial charge in [0.2, 0.25) is 0 Å². The summed E-state index contributed by atoms with van der Waals surface area (Å²) in [6, 6.07) is 45.8. The zero-order chi connectivity index (χ0) is 31.1. The Morgan fingerprint density at radius 1 is 0.391 bits per heavy atom. The van der Waals surface area contributed by atoms with Crippen LogP contribution in [0, 0.1) is 24.7 Å². The Kier molecular flexibility index (Phi) is 14.5. The van der Waals surface area contributed by atoms with E-state index in [-0.39, 0.29) is 60.6 Å². The van der Waals surface area contributed by atoms with Crippen molar-refractivity contribution in [3.63, 3.8) is 0 Å². The van der Waals surface area contributed by atoms with E-state index in [9.17, 15) is 0 Å². The number of hydrogen-bond donors (Lipinski definition) is 0. The molecule has 0 fully saturated rings. The van der Waals surface area contributed by atoms with E-state index in [1.165, 1.54) is 0 Å². The third kappa shape index (κ3) is 8.49. The van der Waals surface area contributed by atoms with Crippen molar-refractivity contribution in [1.82, 2.24) is 0 Å². The van der Waals surface area contributed by atoms with E-state index in [1.807, 2.05) is 72.8 Å². The Balaban J connectivity index is 0.000000186. The second-order valence-electron chi connectivity index (χ2n) is 11.2. The van der Waals surface area contributed by atoms with Crippen LogP contribution < -0.4 is 10.6 Å². The standard InChI is InChI=1S/2C16H9.C10H16P2.2Au/c2*1-2-14-15-9-5-3-7-12(15)11-13-8-4-6-10-16(13)14;1-11(2)9-7-5-6-8-10(9)12(3)4;;/h2*3-11H;5-8H,1-4H3;;/q2*-1;;2*+1/p+2. The molecule has 0 aliphatic rings. The van der Waals surface area contributed by atoms with Gasteiger partial charge in [-0.2, -0.15) is 0 Å². The van der Waals surface area contributed by atoms with E-state index in [1.54, 1.807) is 10.6 Å². The van der Waals surface area contributed by atoms with Crippen molar-refractivity contribution in [3.8, 4) is 11.8 Å². The van der Waals surface area contributed by atoms with Gasteiger partial charge in [0.05, 0.1) is 26.7 Å². The van der Waals surface area contributed by atoms with Gasteiger partial charge in [0.25, 0.3) is 0 Å². The van der Waals surface area contributed by atoms with Gasteiger partial charge in [-0.1, -0.05) is 131 Å². The SMILES string of the molecule is C[PH+](C)c1ccccc1[PH+](C)C.[Au+].[Au+].[C-]#Cc1c2ccccc2cc2ccccc12.[C-]#Cc1c2ccccc2cc2ccccc12. The smallest absolute Gasteiger partial charge is 0.366 e. The van der Waals surface area contributed by atoms with Gasteiger partial charge in [-0.15, -0.1) is 11.1 Å². The predicted octanol–water partition coefficient (Wildman–Crippen LogP) is 9.74. The Bertz CT molecular complexity index is 1900. The summed E-state index contributed by atoms with van der Waals surface area (Å²) in [6.45, 7) is 9.48. The maximum Gasteiger partial charge on any atom is 1.00 e. The van der Waals surface area contributed by atoms with Crippen molar-refractivity contribution in [3.05, 3.63) is 157 Å². The van der Waals surface area contributed by atoms with Gasteiger partial charge in [0.1, 0.15) is 10.6 Å². The molecule has 4 heteroatoms. The molecule has 0 aromatic heterocycles. The second kappa shape index (κ2) is 17.8. The molecule has 0 N–H and O–H groups in total. The van der Waals surface area contributed by atoms with Gasteiger partial charge in [-0.05, 0) is 45.8 Å². The minimum absolute atomic E-state index is 0. The van der Waals surface area contributed by atoms with Crippen LogP contribution in [0.5, 0.6) is 0 Å².